The third kappa shape index (κ3) is 5.03. The van der Waals surface area contributed by atoms with Crippen LogP contribution < -0.4 is 15.5 Å². The normalized spacial score (nSPS) is 17.7. The van der Waals surface area contributed by atoms with Gasteiger partial charge in [-0.3, -0.25) is 4.79 Å². The molecule has 0 unspecified atom stereocenters. The van der Waals surface area contributed by atoms with E-state index in [-0.39, 0.29) is 16.5 Å². The van der Waals surface area contributed by atoms with Gasteiger partial charge in [-0.15, -0.1) is 8.78 Å². The number of rotatable bonds is 5. The van der Waals surface area contributed by atoms with Gasteiger partial charge in [0.1, 0.15) is 10.9 Å². The van der Waals surface area contributed by atoms with Crippen molar-refractivity contribution < 1.29 is 27.6 Å². The van der Waals surface area contributed by atoms with Crippen LogP contribution in [0.5, 0.6) is 5.75 Å². The minimum absolute atomic E-state index is 0.149. The average Bonchev–Trinajstić information content (AvgIpc) is 2.83. The highest BCUT2D eigenvalue weighted by Gasteiger charge is 2.52. The summed E-state index contributed by atoms with van der Waals surface area (Å²) in [5.74, 6) is -0.627. The Labute approximate surface area is 183 Å². The van der Waals surface area contributed by atoms with E-state index in [9.17, 15) is 13.6 Å². The van der Waals surface area contributed by atoms with E-state index < -0.39 is 29.8 Å². The first-order chi connectivity index (χ1) is 13.8. The minimum atomic E-state index is -3.82. The Bertz CT molecular complexity index is 937. The molecule has 2 aromatic rings. The Morgan fingerprint density at radius 3 is 2.27 bits per heavy atom. The summed E-state index contributed by atoms with van der Waals surface area (Å²) >= 11 is 10.9. The number of nitrogens with zero attached hydrogens (tertiary/aromatic N) is 1. The van der Waals surface area contributed by atoms with E-state index in [0.717, 1.165) is 0 Å². The van der Waals surface area contributed by atoms with Gasteiger partial charge in [0.25, 0.3) is 5.91 Å². The summed E-state index contributed by atoms with van der Waals surface area (Å²) in [5.41, 5.74) is -3.97. The highest BCUT2D eigenvalue weighted by atomic mass is 35.5. The molecule has 2 heterocycles. The van der Waals surface area contributed by atoms with Crippen molar-refractivity contribution in [2.45, 2.75) is 44.5 Å². The second-order valence-corrected chi connectivity index (χ2v) is 8.52. The standard InChI is InChI=1S/C19H19BCl2F2N2O4/c1-17(2)18(3,4)30-20(29-17)14-9-11(10-25-15(14)21)16(27)26-12-5-7-13(8-6-12)28-19(22,23)24/h5-10H,1-4H3,(H,26,27). The molecular weight excluding hydrogens is 440 g/mol. The summed E-state index contributed by atoms with van der Waals surface area (Å²) in [5, 5.41) is 2.80. The summed E-state index contributed by atoms with van der Waals surface area (Å²) in [4.78, 5) is 16.7. The van der Waals surface area contributed by atoms with Crippen LogP contribution in [0.3, 0.4) is 0 Å². The Hall–Kier alpha value is -1.94. The van der Waals surface area contributed by atoms with Crippen LogP contribution in [-0.4, -0.2) is 34.8 Å². The summed E-state index contributed by atoms with van der Waals surface area (Å²) in [6.07, 6.45) is 1.32. The molecule has 1 N–H and O–H groups in total. The lowest BCUT2D eigenvalue weighted by Gasteiger charge is -2.32. The van der Waals surface area contributed by atoms with Crippen LogP contribution >= 0.6 is 23.2 Å². The predicted octanol–water partition coefficient (Wildman–Crippen LogP) is 4.45. The van der Waals surface area contributed by atoms with Gasteiger partial charge in [-0.05, 0) is 58.0 Å². The fourth-order valence-electron chi connectivity index (χ4n) is 2.67. The Morgan fingerprint density at radius 1 is 1.17 bits per heavy atom. The second kappa shape index (κ2) is 7.96. The first-order valence-corrected chi connectivity index (χ1v) is 9.71. The van der Waals surface area contributed by atoms with Crippen molar-refractivity contribution in [2.75, 3.05) is 5.32 Å². The number of carbonyl (C=O) groups is 1. The molecule has 160 valence electrons. The maximum Gasteiger partial charge on any atom is 0.498 e. The number of pyridine rings is 1. The van der Waals surface area contributed by atoms with Crippen molar-refractivity contribution in [1.82, 2.24) is 4.98 Å². The van der Waals surface area contributed by atoms with E-state index >= 15 is 0 Å². The highest BCUT2D eigenvalue weighted by molar-refractivity contribution is 6.65. The number of ether oxygens (including phenoxy) is 1. The molecule has 3 rings (SSSR count). The number of hydrogen-bond donors (Lipinski definition) is 1. The van der Waals surface area contributed by atoms with E-state index in [1.807, 2.05) is 27.7 Å². The Morgan fingerprint density at radius 2 is 1.73 bits per heavy atom. The fraction of sp³-hybridized carbons (Fsp3) is 0.368. The monoisotopic (exact) mass is 458 g/mol. The number of hydrogen-bond acceptors (Lipinski definition) is 5. The van der Waals surface area contributed by atoms with Crippen LogP contribution in [-0.2, 0) is 9.31 Å². The fourth-order valence-corrected chi connectivity index (χ4v) is 2.95. The number of benzene rings is 1. The average molecular weight is 459 g/mol. The molecule has 11 heteroatoms. The van der Waals surface area contributed by atoms with E-state index in [4.69, 9.17) is 32.5 Å². The van der Waals surface area contributed by atoms with Gasteiger partial charge in [0.15, 0.2) is 0 Å². The van der Waals surface area contributed by atoms with E-state index in [2.05, 4.69) is 15.0 Å². The molecule has 1 fully saturated rings. The number of halogens is 4. The maximum atomic E-state index is 12.7. The molecule has 1 amide bonds. The van der Waals surface area contributed by atoms with Crippen LogP contribution in [0, 0.1) is 0 Å². The van der Waals surface area contributed by atoms with Gasteiger partial charge in [0.05, 0.1) is 16.8 Å². The minimum Gasteiger partial charge on any atom is -0.420 e. The van der Waals surface area contributed by atoms with Crippen LogP contribution in [0.2, 0.25) is 5.15 Å². The van der Waals surface area contributed by atoms with Crippen LogP contribution in [0.25, 0.3) is 0 Å². The molecule has 6 nitrogen and oxygen atoms in total. The number of alkyl halides is 3. The molecule has 30 heavy (non-hydrogen) atoms. The molecule has 1 saturated heterocycles. The molecule has 0 spiro atoms. The topological polar surface area (TPSA) is 69.7 Å². The molecule has 1 aromatic carbocycles. The zero-order valence-corrected chi connectivity index (χ0v) is 18.1. The first-order valence-electron chi connectivity index (χ1n) is 8.96. The third-order valence-electron chi connectivity index (χ3n) is 4.98. The first kappa shape index (κ1) is 22.7. The maximum absolute atomic E-state index is 12.7. The van der Waals surface area contributed by atoms with E-state index in [1.54, 1.807) is 6.07 Å². The number of amides is 1. The molecule has 0 saturated carbocycles. The second-order valence-electron chi connectivity index (χ2n) is 7.72. The van der Waals surface area contributed by atoms with Crippen molar-refractivity contribution in [2.24, 2.45) is 0 Å². The lowest BCUT2D eigenvalue weighted by atomic mass is 9.79. The SMILES string of the molecule is CC1(C)OB(c2cc(C(=O)Nc3ccc(OC(F)(F)Cl)cc3)cnc2Cl)OC1(C)C. The third-order valence-corrected chi connectivity index (χ3v) is 5.37. The summed E-state index contributed by atoms with van der Waals surface area (Å²) in [6.45, 7) is 7.60. The Balaban J connectivity index is 1.75. The van der Waals surface area contributed by atoms with Crippen molar-refractivity contribution in [1.29, 1.82) is 0 Å². The quantitative estimate of drug-likeness (QED) is 0.407. The summed E-state index contributed by atoms with van der Waals surface area (Å²) in [7, 11) is -0.781. The van der Waals surface area contributed by atoms with Gasteiger partial charge in [0.2, 0.25) is 0 Å². The van der Waals surface area contributed by atoms with Crippen LogP contribution in [0.1, 0.15) is 38.1 Å². The predicted molar refractivity (Wildman–Crippen MR) is 111 cm³/mol. The number of aromatic nitrogens is 1. The molecule has 0 bridgehead atoms. The van der Waals surface area contributed by atoms with Crippen molar-refractivity contribution in [3.05, 3.63) is 47.2 Å². The summed E-state index contributed by atoms with van der Waals surface area (Å²) in [6, 6.07) is 6.84. The van der Waals surface area contributed by atoms with Gasteiger partial charge in [0, 0.05) is 28.9 Å². The number of nitrogens with one attached hydrogen (secondary N) is 1. The molecule has 1 aromatic heterocycles. The van der Waals surface area contributed by atoms with Gasteiger partial charge in [-0.2, -0.15) is 0 Å². The highest BCUT2D eigenvalue weighted by Crippen LogP contribution is 2.37. The molecule has 1 aliphatic heterocycles. The van der Waals surface area contributed by atoms with Crippen molar-refractivity contribution in [3.8, 4) is 5.75 Å². The van der Waals surface area contributed by atoms with Crippen molar-refractivity contribution >= 4 is 47.4 Å². The van der Waals surface area contributed by atoms with E-state index in [1.165, 1.54) is 30.5 Å². The zero-order valence-electron chi connectivity index (χ0n) is 16.6. The number of anilines is 1. The lowest BCUT2D eigenvalue weighted by molar-refractivity contribution is -0.0964. The van der Waals surface area contributed by atoms with Crippen LogP contribution in [0.15, 0.2) is 36.5 Å². The molecule has 1 aliphatic rings. The smallest absolute Gasteiger partial charge is 0.420 e. The lowest BCUT2D eigenvalue weighted by Crippen LogP contribution is -2.41. The largest absolute Gasteiger partial charge is 0.498 e. The van der Waals surface area contributed by atoms with Gasteiger partial charge in [-0.25, -0.2) is 4.98 Å². The van der Waals surface area contributed by atoms with Gasteiger partial charge >= 0.3 is 12.7 Å². The van der Waals surface area contributed by atoms with Gasteiger partial charge in [-0.1, -0.05) is 11.6 Å². The number of carbonyl (C=O) groups excluding carboxylic acids is 1. The molecular formula is C19H19BCl2F2N2O4. The zero-order chi connectivity index (χ0) is 22.3. The van der Waals surface area contributed by atoms with Gasteiger partial charge < -0.3 is 19.4 Å². The summed E-state index contributed by atoms with van der Waals surface area (Å²) < 4.78 is 41.5. The van der Waals surface area contributed by atoms with E-state index in [0.29, 0.717) is 11.2 Å². The molecule has 0 radical (unpaired) electrons. The molecule has 0 atom stereocenters. The molecule has 0 aliphatic carbocycles. The van der Waals surface area contributed by atoms with Crippen molar-refractivity contribution in [3.63, 3.8) is 0 Å². The van der Waals surface area contributed by atoms with Crippen LogP contribution in [0.4, 0.5) is 14.5 Å². The Kier molecular flexibility index (Phi) is 6.03.